The largest absolute Gasteiger partial charge is 0.389 e. The SMILES string of the molecule is O=C1NCC[C@H]1C[C@H](NC(=O)[C@@H]1C2CCC(CC2)N1C(=O)C(O)(c1ccccc1)C1CCCC1)C(=O)CO. The molecule has 3 saturated heterocycles. The minimum atomic E-state index is -1.73. The minimum absolute atomic E-state index is 0.0767. The summed E-state index contributed by atoms with van der Waals surface area (Å²) < 4.78 is 0. The zero-order valence-corrected chi connectivity index (χ0v) is 21.8. The van der Waals surface area contributed by atoms with Crippen LogP contribution in [0.4, 0.5) is 0 Å². The highest BCUT2D eigenvalue weighted by atomic mass is 16.3. The Labute approximate surface area is 223 Å². The molecule has 3 amide bonds. The molecule has 3 aliphatic heterocycles. The predicted molar refractivity (Wildman–Crippen MR) is 138 cm³/mol. The number of aliphatic hydroxyl groups excluding tert-OH is 1. The normalized spacial score (nSPS) is 29.5. The summed E-state index contributed by atoms with van der Waals surface area (Å²) in [6.45, 7) is -0.223. The second-order valence-corrected chi connectivity index (χ2v) is 11.5. The van der Waals surface area contributed by atoms with E-state index in [2.05, 4.69) is 10.6 Å². The number of piperidine rings is 2. The predicted octanol–water partition coefficient (Wildman–Crippen LogP) is 1.41. The molecule has 3 heterocycles. The van der Waals surface area contributed by atoms with Crippen molar-refractivity contribution >= 4 is 23.5 Å². The van der Waals surface area contributed by atoms with Gasteiger partial charge in [0.05, 0.1) is 6.04 Å². The van der Waals surface area contributed by atoms with Crippen molar-refractivity contribution in [3.8, 4) is 0 Å². The number of rotatable bonds is 9. The van der Waals surface area contributed by atoms with Crippen molar-refractivity contribution < 1.29 is 29.4 Å². The fourth-order valence-electron chi connectivity index (χ4n) is 7.34. The van der Waals surface area contributed by atoms with Crippen LogP contribution in [-0.2, 0) is 24.8 Å². The van der Waals surface area contributed by atoms with Gasteiger partial charge in [-0.3, -0.25) is 19.2 Å². The lowest BCUT2D eigenvalue weighted by Crippen LogP contribution is -2.67. The van der Waals surface area contributed by atoms with Crippen molar-refractivity contribution in [1.82, 2.24) is 15.5 Å². The van der Waals surface area contributed by atoms with Crippen molar-refractivity contribution in [2.45, 2.75) is 87.9 Å². The number of hydrogen-bond donors (Lipinski definition) is 4. The molecule has 1 aromatic rings. The molecule has 5 aliphatic rings. The van der Waals surface area contributed by atoms with Gasteiger partial charge in [0.15, 0.2) is 11.4 Å². The Morgan fingerprint density at radius 3 is 2.32 bits per heavy atom. The fraction of sp³-hybridized carbons (Fsp3) is 0.655. The van der Waals surface area contributed by atoms with Crippen LogP contribution in [0.1, 0.15) is 69.8 Å². The molecule has 38 heavy (non-hydrogen) atoms. The first kappa shape index (κ1) is 26.8. The molecule has 206 valence electrons. The van der Waals surface area contributed by atoms with Crippen molar-refractivity contribution in [2.24, 2.45) is 17.8 Å². The van der Waals surface area contributed by atoms with Crippen LogP contribution in [0.5, 0.6) is 0 Å². The number of aliphatic hydroxyl groups is 2. The van der Waals surface area contributed by atoms with Gasteiger partial charge in [0.25, 0.3) is 5.91 Å². The lowest BCUT2D eigenvalue weighted by molar-refractivity contribution is -0.176. The van der Waals surface area contributed by atoms with E-state index in [4.69, 9.17) is 0 Å². The lowest BCUT2D eigenvalue weighted by Gasteiger charge is -2.53. The molecule has 1 aromatic carbocycles. The topological polar surface area (TPSA) is 136 Å². The molecule has 6 rings (SSSR count). The quantitative estimate of drug-likeness (QED) is 0.385. The number of ketones is 1. The molecule has 4 N–H and O–H groups in total. The van der Waals surface area contributed by atoms with Gasteiger partial charge in [0.1, 0.15) is 12.6 Å². The number of hydrogen-bond acceptors (Lipinski definition) is 6. The van der Waals surface area contributed by atoms with E-state index in [1.54, 1.807) is 17.0 Å². The van der Waals surface area contributed by atoms with Crippen LogP contribution in [0.15, 0.2) is 30.3 Å². The summed E-state index contributed by atoms with van der Waals surface area (Å²) in [5.74, 6) is -2.30. The van der Waals surface area contributed by atoms with E-state index in [-0.39, 0.29) is 30.2 Å². The van der Waals surface area contributed by atoms with Crippen LogP contribution in [0.25, 0.3) is 0 Å². The van der Waals surface area contributed by atoms with Gasteiger partial charge in [-0.05, 0) is 62.8 Å². The van der Waals surface area contributed by atoms with Crippen molar-refractivity contribution in [2.75, 3.05) is 13.2 Å². The van der Waals surface area contributed by atoms with E-state index in [0.717, 1.165) is 51.4 Å². The van der Waals surface area contributed by atoms with Gasteiger partial charge in [-0.15, -0.1) is 0 Å². The number of benzene rings is 1. The van der Waals surface area contributed by atoms with Crippen LogP contribution in [0.2, 0.25) is 0 Å². The molecule has 2 aliphatic carbocycles. The van der Waals surface area contributed by atoms with E-state index in [1.807, 2.05) is 18.2 Å². The summed E-state index contributed by atoms with van der Waals surface area (Å²) in [6.07, 6.45) is 7.20. The third kappa shape index (κ3) is 4.86. The summed E-state index contributed by atoms with van der Waals surface area (Å²) >= 11 is 0. The Hall–Kier alpha value is -2.78. The first-order chi connectivity index (χ1) is 18.3. The van der Waals surface area contributed by atoms with E-state index in [9.17, 15) is 29.4 Å². The summed E-state index contributed by atoms with van der Waals surface area (Å²) in [4.78, 5) is 54.7. The first-order valence-electron chi connectivity index (χ1n) is 14.2. The molecule has 2 bridgehead atoms. The third-order valence-electron chi connectivity index (χ3n) is 9.41. The van der Waals surface area contributed by atoms with Crippen LogP contribution < -0.4 is 10.6 Å². The number of amides is 3. The van der Waals surface area contributed by atoms with Gasteiger partial charge in [0.2, 0.25) is 11.8 Å². The molecule has 1 unspecified atom stereocenters. The zero-order valence-electron chi connectivity index (χ0n) is 21.8. The molecular formula is C29H39N3O6. The molecule has 0 spiro atoms. The summed E-state index contributed by atoms with van der Waals surface area (Å²) in [6, 6.07) is 7.09. The highest BCUT2D eigenvalue weighted by molar-refractivity contribution is 5.96. The maximum atomic E-state index is 14.4. The van der Waals surface area contributed by atoms with Crippen LogP contribution in [0.3, 0.4) is 0 Å². The smallest absolute Gasteiger partial charge is 0.260 e. The van der Waals surface area contributed by atoms with E-state index >= 15 is 0 Å². The van der Waals surface area contributed by atoms with Gasteiger partial charge >= 0.3 is 0 Å². The number of nitrogens with zero attached hydrogens (tertiary/aromatic N) is 1. The van der Waals surface area contributed by atoms with Crippen LogP contribution >= 0.6 is 0 Å². The van der Waals surface area contributed by atoms with Crippen molar-refractivity contribution in [1.29, 1.82) is 0 Å². The van der Waals surface area contributed by atoms with Crippen LogP contribution in [0, 0.1) is 17.8 Å². The summed E-state index contributed by atoms with van der Waals surface area (Å²) in [5, 5.41) is 27.3. The van der Waals surface area contributed by atoms with E-state index in [1.165, 1.54) is 0 Å². The molecule has 0 aromatic heterocycles. The standard InChI is InChI=1S/C29H39N3O6/c33-17-24(34)23(16-19-14-15-30-26(19)35)31-27(36)25-18-10-12-22(13-11-18)32(25)28(37)29(38,21-8-4-5-9-21)20-6-2-1-3-7-20/h1-3,6-7,18-19,21-23,25,33,38H,4-5,8-17H2,(H,30,35)(H,31,36)/t18?,19-,22?,23-,25-,29?/m0/s1. The Balaban J connectivity index is 1.44. The van der Waals surface area contributed by atoms with Gasteiger partial charge in [-0.1, -0.05) is 43.2 Å². The summed E-state index contributed by atoms with van der Waals surface area (Å²) in [5.41, 5.74) is -1.17. The van der Waals surface area contributed by atoms with Crippen molar-refractivity contribution in [3.63, 3.8) is 0 Å². The highest BCUT2D eigenvalue weighted by Crippen LogP contribution is 2.46. The second kappa shape index (κ2) is 11.1. The monoisotopic (exact) mass is 525 g/mol. The Morgan fingerprint density at radius 1 is 1.03 bits per heavy atom. The number of Topliss-reactive ketones (excluding diaryl/α,β-unsaturated/α-hetero) is 1. The molecule has 0 radical (unpaired) electrons. The van der Waals surface area contributed by atoms with E-state index < -0.39 is 47.8 Å². The first-order valence-corrected chi connectivity index (χ1v) is 14.2. The Kier molecular flexibility index (Phi) is 7.86. The Morgan fingerprint density at radius 2 is 1.71 bits per heavy atom. The van der Waals surface area contributed by atoms with Gasteiger partial charge in [-0.25, -0.2) is 0 Å². The number of nitrogens with one attached hydrogen (secondary N) is 2. The highest BCUT2D eigenvalue weighted by Gasteiger charge is 2.55. The average molecular weight is 526 g/mol. The second-order valence-electron chi connectivity index (χ2n) is 11.5. The van der Waals surface area contributed by atoms with Gasteiger partial charge < -0.3 is 25.7 Å². The van der Waals surface area contributed by atoms with E-state index in [0.29, 0.717) is 18.5 Å². The number of fused-ring (bicyclic) bond motifs is 3. The Bertz CT molecular complexity index is 1050. The lowest BCUT2D eigenvalue weighted by atomic mass is 9.71. The molecule has 5 fully saturated rings. The zero-order chi connectivity index (χ0) is 26.9. The molecule has 9 nitrogen and oxygen atoms in total. The molecule has 9 heteroatoms. The fourth-order valence-corrected chi connectivity index (χ4v) is 7.34. The maximum absolute atomic E-state index is 14.4. The maximum Gasteiger partial charge on any atom is 0.260 e. The molecule has 2 saturated carbocycles. The third-order valence-corrected chi connectivity index (χ3v) is 9.41. The van der Waals surface area contributed by atoms with Gasteiger partial charge in [0, 0.05) is 24.4 Å². The minimum Gasteiger partial charge on any atom is -0.389 e. The average Bonchev–Trinajstić information content (AvgIpc) is 3.64. The van der Waals surface area contributed by atoms with Crippen LogP contribution in [-0.4, -0.2) is 69.9 Å². The van der Waals surface area contributed by atoms with Gasteiger partial charge in [-0.2, -0.15) is 0 Å². The summed E-state index contributed by atoms with van der Waals surface area (Å²) in [7, 11) is 0. The molecule has 4 atom stereocenters. The van der Waals surface area contributed by atoms with Crippen molar-refractivity contribution in [3.05, 3.63) is 35.9 Å². The number of carbonyl (C=O) groups is 4. The number of carbonyl (C=O) groups excluding carboxylic acids is 4. The molecular weight excluding hydrogens is 486 g/mol.